The number of rotatable bonds is 1. The first-order valence-electron chi connectivity index (χ1n) is 3.12. The van der Waals surface area contributed by atoms with E-state index in [2.05, 4.69) is 4.98 Å². The third kappa shape index (κ3) is 0.810. The molecule has 60 valence electrons. The van der Waals surface area contributed by atoms with Gasteiger partial charge in [0.15, 0.2) is 0 Å². The van der Waals surface area contributed by atoms with Crippen molar-refractivity contribution in [2.45, 2.75) is 17.9 Å². The van der Waals surface area contributed by atoms with Crippen LogP contribution in [0.5, 0.6) is 0 Å². The van der Waals surface area contributed by atoms with Crippen LogP contribution in [-0.4, -0.2) is 10.9 Å². The molecule has 1 atom stereocenters. The van der Waals surface area contributed by atoms with E-state index in [0.29, 0.717) is 4.88 Å². The van der Waals surface area contributed by atoms with Gasteiger partial charge in [-0.2, -0.15) is 0 Å². The van der Waals surface area contributed by atoms with Crippen molar-refractivity contribution in [3.8, 4) is 0 Å². The van der Waals surface area contributed by atoms with E-state index in [0.717, 1.165) is 0 Å². The average molecular weight is 176 g/mol. The number of halogens is 2. The summed E-state index contributed by atoms with van der Waals surface area (Å²) < 4.78 is 25.2. The molecule has 2 N–H and O–H groups in total. The molecule has 0 saturated heterocycles. The van der Waals surface area contributed by atoms with Crippen LogP contribution in [0.4, 0.5) is 8.78 Å². The summed E-state index contributed by atoms with van der Waals surface area (Å²) in [4.78, 5) is 4.17. The van der Waals surface area contributed by atoms with Crippen molar-refractivity contribution in [1.82, 2.24) is 4.98 Å². The molecule has 1 saturated carbocycles. The van der Waals surface area contributed by atoms with Gasteiger partial charge in [0.05, 0.1) is 10.4 Å². The number of hydrogen-bond donors (Lipinski definition) is 1. The van der Waals surface area contributed by atoms with Gasteiger partial charge in [0.2, 0.25) is 0 Å². The molecule has 2 nitrogen and oxygen atoms in total. The van der Waals surface area contributed by atoms with Crippen molar-refractivity contribution in [3.63, 3.8) is 0 Å². The third-order valence-electron chi connectivity index (χ3n) is 1.90. The lowest BCUT2D eigenvalue weighted by Gasteiger charge is -2.04. The Hall–Kier alpha value is -0.550. The zero-order valence-electron chi connectivity index (χ0n) is 5.55. The molecular formula is C6H6F2N2S. The predicted molar refractivity (Wildman–Crippen MR) is 37.5 cm³/mol. The Morgan fingerprint density at radius 1 is 1.64 bits per heavy atom. The number of hydrogen-bond acceptors (Lipinski definition) is 3. The summed E-state index contributed by atoms with van der Waals surface area (Å²) in [7, 11) is 0. The highest BCUT2D eigenvalue weighted by atomic mass is 32.1. The zero-order chi connectivity index (χ0) is 8.11. The van der Waals surface area contributed by atoms with Crippen LogP contribution < -0.4 is 5.73 Å². The second-order valence-corrected chi connectivity index (χ2v) is 3.60. The topological polar surface area (TPSA) is 38.9 Å². The lowest BCUT2D eigenvalue weighted by atomic mass is 10.2. The van der Waals surface area contributed by atoms with Crippen LogP contribution in [0.3, 0.4) is 0 Å². The van der Waals surface area contributed by atoms with E-state index in [9.17, 15) is 8.78 Å². The fourth-order valence-corrected chi connectivity index (χ4v) is 1.80. The van der Waals surface area contributed by atoms with Crippen molar-refractivity contribution in [2.24, 2.45) is 5.73 Å². The molecule has 1 heterocycles. The second kappa shape index (κ2) is 1.78. The van der Waals surface area contributed by atoms with Gasteiger partial charge in [0.1, 0.15) is 5.54 Å². The van der Waals surface area contributed by atoms with Gasteiger partial charge in [-0.3, -0.25) is 4.98 Å². The summed E-state index contributed by atoms with van der Waals surface area (Å²) in [6.07, 6.45) is 1.16. The van der Waals surface area contributed by atoms with E-state index in [1.54, 1.807) is 0 Å². The Bertz CT molecular complexity index is 272. The maximum atomic E-state index is 12.6. The number of thiazole rings is 1. The fraction of sp³-hybridized carbons (Fsp3) is 0.500. The molecule has 1 aliphatic carbocycles. The standard InChI is InChI=1S/C6H6F2N2S/c7-6(8)2-5(6,9)4-1-10-3-11-4/h1,3H,2,9H2. The monoisotopic (exact) mass is 176 g/mol. The molecular weight excluding hydrogens is 170 g/mol. The first-order valence-corrected chi connectivity index (χ1v) is 4.00. The molecule has 0 radical (unpaired) electrons. The first-order chi connectivity index (χ1) is 5.06. The molecule has 1 aromatic rings. The summed E-state index contributed by atoms with van der Waals surface area (Å²) in [6, 6.07) is 0. The maximum Gasteiger partial charge on any atom is 0.273 e. The molecule has 0 aliphatic heterocycles. The molecule has 11 heavy (non-hydrogen) atoms. The molecule has 1 aliphatic rings. The van der Waals surface area contributed by atoms with Crippen molar-refractivity contribution < 1.29 is 8.78 Å². The van der Waals surface area contributed by atoms with Gasteiger partial charge in [-0.15, -0.1) is 11.3 Å². The molecule has 1 fully saturated rings. The van der Waals surface area contributed by atoms with E-state index >= 15 is 0 Å². The minimum Gasteiger partial charge on any atom is -0.316 e. The Morgan fingerprint density at radius 3 is 2.64 bits per heavy atom. The minimum atomic E-state index is -2.72. The van der Waals surface area contributed by atoms with Gasteiger partial charge in [0, 0.05) is 12.6 Å². The number of alkyl halides is 2. The van der Waals surface area contributed by atoms with E-state index in [-0.39, 0.29) is 6.42 Å². The lowest BCUT2D eigenvalue weighted by Crippen LogP contribution is -2.25. The minimum absolute atomic E-state index is 0.248. The van der Waals surface area contributed by atoms with E-state index < -0.39 is 11.5 Å². The smallest absolute Gasteiger partial charge is 0.273 e. The fourth-order valence-electron chi connectivity index (χ4n) is 1.01. The van der Waals surface area contributed by atoms with Crippen LogP contribution in [-0.2, 0) is 5.54 Å². The van der Waals surface area contributed by atoms with Gasteiger partial charge in [-0.1, -0.05) is 0 Å². The number of aromatic nitrogens is 1. The molecule has 2 rings (SSSR count). The Kier molecular flexibility index (Phi) is 1.15. The van der Waals surface area contributed by atoms with E-state index in [1.165, 1.54) is 23.0 Å². The molecule has 5 heteroatoms. The highest BCUT2D eigenvalue weighted by Gasteiger charge is 2.70. The predicted octanol–water partition coefficient (Wildman–Crippen LogP) is 1.34. The van der Waals surface area contributed by atoms with Crippen molar-refractivity contribution >= 4 is 11.3 Å². The Morgan fingerprint density at radius 2 is 2.27 bits per heavy atom. The summed E-state index contributed by atoms with van der Waals surface area (Å²) in [6.45, 7) is 0. The van der Waals surface area contributed by atoms with Gasteiger partial charge in [-0.05, 0) is 0 Å². The summed E-state index contributed by atoms with van der Waals surface area (Å²) in [5.41, 5.74) is 5.51. The molecule has 0 bridgehead atoms. The zero-order valence-corrected chi connectivity index (χ0v) is 6.37. The van der Waals surface area contributed by atoms with Crippen LogP contribution in [0.1, 0.15) is 11.3 Å². The summed E-state index contributed by atoms with van der Waals surface area (Å²) >= 11 is 1.18. The van der Waals surface area contributed by atoms with Crippen LogP contribution in [0.2, 0.25) is 0 Å². The Labute approximate surface area is 66.1 Å². The van der Waals surface area contributed by atoms with Gasteiger partial charge >= 0.3 is 0 Å². The molecule has 1 unspecified atom stereocenters. The van der Waals surface area contributed by atoms with Crippen molar-refractivity contribution in [1.29, 1.82) is 0 Å². The van der Waals surface area contributed by atoms with Crippen LogP contribution in [0, 0.1) is 0 Å². The lowest BCUT2D eigenvalue weighted by molar-refractivity contribution is 0.0899. The molecule has 0 amide bonds. The van der Waals surface area contributed by atoms with Crippen LogP contribution >= 0.6 is 11.3 Å². The summed E-state index contributed by atoms with van der Waals surface area (Å²) in [5.74, 6) is -2.72. The van der Waals surface area contributed by atoms with E-state index in [4.69, 9.17) is 5.73 Å². The van der Waals surface area contributed by atoms with E-state index in [1.807, 2.05) is 0 Å². The number of nitrogens with two attached hydrogens (primary N) is 1. The van der Waals surface area contributed by atoms with Crippen molar-refractivity contribution in [3.05, 3.63) is 16.6 Å². The van der Waals surface area contributed by atoms with Crippen LogP contribution in [0.15, 0.2) is 11.7 Å². The van der Waals surface area contributed by atoms with Gasteiger partial charge < -0.3 is 5.73 Å². The van der Waals surface area contributed by atoms with Gasteiger partial charge in [-0.25, -0.2) is 8.78 Å². The highest BCUT2D eigenvalue weighted by molar-refractivity contribution is 7.09. The van der Waals surface area contributed by atoms with Crippen molar-refractivity contribution in [2.75, 3.05) is 0 Å². The average Bonchev–Trinajstić information content (AvgIpc) is 2.36. The highest BCUT2D eigenvalue weighted by Crippen LogP contribution is 2.58. The first kappa shape index (κ1) is 7.12. The quantitative estimate of drug-likeness (QED) is 0.701. The SMILES string of the molecule is NC1(c2cncs2)CC1(F)F. The van der Waals surface area contributed by atoms with Gasteiger partial charge in [0.25, 0.3) is 5.92 Å². The molecule has 1 aromatic heterocycles. The second-order valence-electron chi connectivity index (χ2n) is 2.72. The Balaban J connectivity index is 2.33. The maximum absolute atomic E-state index is 12.6. The largest absolute Gasteiger partial charge is 0.316 e. The third-order valence-corrected chi connectivity index (χ3v) is 2.85. The number of nitrogens with zero attached hydrogens (tertiary/aromatic N) is 1. The normalized spacial score (nSPS) is 33.7. The molecule has 0 aromatic carbocycles. The van der Waals surface area contributed by atoms with Crippen LogP contribution in [0.25, 0.3) is 0 Å². The molecule has 0 spiro atoms. The summed E-state index contributed by atoms with van der Waals surface area (Å²) in [5, 5.41) is 0.